The van der Waals surface area contributed by atoms with Crippen molar-refractivity contribution in [3.8, 4) is 0 Å². The average molecular weight is 284 g/mol. The standard InChI is InChI=1S/C10H6ClN3O3S/c11-8-2-1-7(14(16)17)5-9(8)13(6-15)10-12-3-4-18-10/h1-6H. The first kappa shape index (κ1) is 12.5. The largest absolute Gasteiger partial charge is 0.278 e. The number of halogens is 1. The van der Waals surface area contributed by atoms with Gasteiger partial charge >= 0.3 is 0 Å². The second-order valence-corrected chi connectivity index (χ2v) is 4.46. The van der Waals surface area contributed by atoms with Crippen LogP contribution >= 0.6 is 22.9 Å². The van der Waals surface area contributed by atoms with Gasteiger partial charge in [-0.25, -0.2) is 4.98 Å². The number of hydrogen-bond donors (Lipinski definition) is 0. The molecule has 1 heterocycles. The van der Waals surface area contributed by atoms with E-state index in [1.807, 2.05) is 0 Å². The summed E-state index contributed by atoms with van der Waals surface area (Å²) in [5.41, 5.74) is 0.0913. The summed E-state index contributed by atoms with van der Waals surface area (Å²) in [7, 11) is 0. The van der Waals surface area contributed by atoms with Gasteiger partial charge in [-0.3, -0.25) is 19.8 Å². The summed E-state index contributed by atoms with van der Waals surface area (Å²) in [6.45, 7) is 0. The van der Waals surface area contributed by atoms with Crippen LogP contribution in [0.25, 0.3) is 0 Å². The van der Waals surface area contributed by atoms with Crippen molar-refractivity contribution in [2.75, 3.05) is 4.90 Å². The van der Waals surface area contributed by atoms with E-state index in [0.29, 0.717) is 11.5 Å². The summed E-state index contributed by atoms with van der Waals surface area (Å²) in [4.78, 5) is 26.4. The Hall–Kier alpha value is -1.99. The van der Waals surface area contributed by atoms with Crippen LogP contribution in [0.2, 0.25) is 5.02 Å². The highest BCUT2D eigenvalue weighted by Gasteiger charge is 2.18. The Balaban J connectivity index is 2.51. The van der Waals surface area contributed by atoms with Crippen LogP contribution in [0.1, 0.15) is 0 Å². The fourth-order valence-electron chi connectivity index (χ4n) is 1.34. The maximum Gasteiger partial charge on any atom is 0.271 e. The second-order valence-electron chi connectivity index (χ2n) is 3.18. The number of thiazole rings is 1. The van der Waals surface area contributed by atoms with E-state index >= 15 is 0 Å². The molecular weight excluding hydrogens is 278 g/mol. The number of benzene rings is 1. The van der Waals surface area contributed by atoms with E-state index in [4.69, 9.17) is 11.6 Å². The molecule has 0 fully saturated rings. The monoisotopic (exact) mass is 283 g/mol. The molecule has 0 saturated carbocycles. The van der Waals surface area contributed by atoms with Gasteiger partial charge in [0.15, 0.2) is 5.13 Å². The maximum atomic E-state index is 11.1. The number of hydrogen-bond acceptors (Lipinski definition) is 5. The summed E-state index contributed by atoms with van der Waals surface area (Å²) in [6.07, 6.45) is 2.05. The Morgan fingerprint density at radius 3 is 2.83 bits per heavy atom. The topological polar surface area (TPSA) is 76.3 Å². The van der Waals surface area contributed by atoms with Gasteiger partial charge in [0.25, 0.3) is 5.69 Å². The van der Waals surface area contributed by atoms with Crippen molar-refractivity contribution in [3.05, 3.63) is 44.9 Å². The van der Waals surface area contributed by atoms with Gasteiger partial charge in [-0.2, -0.15) is 0 Å². The lowest BCUT2D eigenvalue weighted by Crippen LogP contribution is -2.14. The van der Waals surface area contributed by atoms with Gasteiger partial charge < -0.3 is 0 Å². The highest BCUT2D eigenvalue weighted by atomic mass is 35.5. The van der Waals surface area contributed by atoms with Crippen molar-refractivity contribution in [2.45, 2.75) is 0 Å². The normalized spacial score (nSPS) is 10.1. The van der Waals surface area contributed by atoms with E-state index in [-0.39, 0.29) is 16.4 Å². The molecule has 0 aliphatic carbocycles. The zero-order chi connectivity index (χ0) is 13.1. The van der Waals surface area contributed by atoms with E-state index in [1.165, 1.54) is 40.6 Å². The number of nitrogens with zero attached hydrogens (tertiary/aromatic N) is 3. The first-order chi connectivity index (χ1) is 8.63. The van der Waals surface area contributed by atoms with Crippen LogP contribution in [0.5, 0.6) is 0 Å². The summed E-state index contributed by atoms with van der Waals surface area (Å²) in [5.74, 6) is 0. The molecule has 0 bridgehead atoms. The molecule has 18 heavy (non-hydrogen) atoms. The van der Waals surface area contributed by atoms with Gasteiger partial charge in [-0.15, -0.1) is 11.3 Å². The molecule has 0 aliphatic heterocycles. The molecule has 0 saturated heterocycles. The molecule has 6 nitrogen and oxygen atoms in total. The molecule has 92 valence electrons. The van der Waals surface area contributed by atoms with E-state index < -0.39 is 4.92 Å². The number of non-ortho nitro benzene ring substituents is 1. The van der Waals surface area contributed by atoms with Gasteiger partial charge in [0.1, 0.15) is 0 Å². The van der Waals surface area contributed by atoms with Crippen LogP contribution in [0, 0.1) is 10.1 Å². The molecule has 0 aliphatic rings. The number of carbonyl (C=O) groups excluding carboxylic acids is 1. The minimum absolute atomic E-state index is 0.141. The zero-order valence-electron chi connectivity index (χ0n) is 8.82. The van der Waals surface area contributed by atoms with Crippen molar-refractivity contribution in [3.63, 3.8) is 0 Å². The first-order valence-electron chi connectivity index (χ1n) is 4.71. The Morgan fingerprint density at radius 1 is 1.50 bits per heavy atom. The molecule has 0 atom stereocenters. The van der Waals surface area contributed by atoms with Crippen molar-refractivity contribution in [1.82, 2.24) is 4.98 Å². The van der Waals surface area contributed by atoms with Crippen LogP contribution in [-0.4, -0.2) is 16.3 Å². The van der Waals surface area contributed by atoms with Gasteiger partial charge in [0.2, 0.25) is 6.41 Å². The lowest BCUT2D eigenvalue weighted by Gasteiger charge is -2.15. The molecule has 0 N–H and O–H groups in total. The van der Waals surface area contributed by atoms with Crippen LogP contribution < -0.4 is 4.90 Å². The molecule has 2 aromatic rings. The summed E-state index contributed by atoms with van der Waals surface area (Å²) in [5, 5.41) is 13.0. The summed E-state index contributed by atoms with van der Waals surface area (Å²) < 4.78 is 0. The smallest absolute Gasteiger partial charge is 0.271 e. The van der Waals surface area contributed by atoms with Crippen LogP contribution in [-0.2, 0) is 4.79 Å². The molecule has 1 amide bonds. The Kier molecular flexibility index (Phi) is 3.54. The number of carbonyl (C=O) groups is 1. The Labute approximate surface area is 111 Å². The third-order valence-electron chi connectivity index (χ3n) is 2.13. The molecule has 0 unspecified atom stereocenters. The van der Waals surface area contributed by atoms with Crippen molar-refractivity contribution >= 4 is 45.9 Å². The van der Waals surface area contributed by atoms with Crippen LogP contribution in [0.3, 0.4) is 0 Å². The fourth-order valence-corrected chi connectivity index (χ4v) is 2.17. The maximum absolute atomic E-state index is 11.1. The molecule has 0 radical (unpaired) electrons. The number of amides is 1. The Morgan fingerprint density at radius 2 is 2.28 bits per heavy atom. The summed E-state index contributed by atoms with van der Waals surface area (Å²) in [6, 6.07) is 3.88. The third kappa shape index (κ3) is 2.31. The predicted octanol–water partition coefficient (Wildman–Crippen LogP) is 3.00. The van der Waals surface area contributed by atoms with Crippen LogP contribution in [0.15, 0.2) is 29.8 Å². The molecule has 0 spiro atoms. The number of rotatable bonds is 4. The first-order valence-corrected chi connectivity index (χ1v) is 5.97. The number of nitro benzene ring substituents is 1. The third-order valence-corrected chi connectivity index (χ3v) is 3.22. The molecular formula is C10H6ClN3O3S. The molecule has 2 rings (SSSR count). The quantitative estimate of drug-likeness (QED) is 0.491. The zero-order valence-corrected chi connectivity index (χ0v) is 10.4. The SMILES string of the molecule is O=CN(c1nccs1)c1cc([N+](=O)[O-])ccc1Cl. The average Bonchev–Trinajstić information content (AvgIpc) is 2.86. The van der Waals surface area contributed by atoms with E-state index in [9.17, 15) is 14.9 Å². The highest BCUT2D eigenvalue weighted by Crippen LogP contribution is 2.34. The molecule has 1 aromatic heterocycles. The van der Waals surface area contributed by atoms with Gasteiger partial charge in [0.05, 0.1) is 15.6 Å². The predicted molar refractivity (Wildman–Crippen MR) is 68.4 cm³/mol. The lowest BCUT2D eigenvalue weighted by molar-refractivity contribution is -0.384. The van der Waals surface area contributed by atoms with E-state index in [0.717, 1.165) is 0 Å². The van der Waals surface area contributed by atoms with Gasteiger partial charge in [-0.1, -0.05) is 11.6 Å². The van der Waals surface area contributed by atoms with Gasteiger partial charge in [0, 0.05) is 23.7 Å². The second kappa shape index (κ2) is 5.11. The van der Waals surface area contributed by atoms with Crippen LogP contribution in [0.4, 0.5) is 16.5 Å². The van der Waals surface area contributed by atoms with Crippen molar-refractivity contribution in [1.29, 1.82) is 0 Å². The fraction of sp³-hybridized carbons (Fsp3) is 0. The van der Waals surface area contributed by atoms with Crippen molar-refractivity contribution in [2.24, 2.45) is 0 Å². The number of aromatic nitrogens is 1. The van der Waals surface area contributed by atoms with E-state index in [2.05, 4.69) is 4.98 Å². The lowest BCUT2D eigenvalue weighted by atomic mass is 10.2. The number of anilines is 2. The van der Waals surface area contributed by atoms with E-state index in [1.54, 1.807) is 5.38 Å². The minimum Gasteiger partial charge on any atom is -0.278 e. The molecule has 1 aromatic carbocycles. The van der Waals surface area contributed by atoms with Crippen molar-refractivity contribution < 1.29 is 9.72 Å². The Bertz CT molecular complexity index is 588. The minimum atomic E-state index is -0.551. The van der Waals surface area contributed by atoms with Gasteiger partial charge in [-0.05, 0) is 6.07 Å². The molecule has 8 heteroatoms. The number of nitro groups is 1. The highest BCUT2D eigenvalue weighted by molar-refractivity contribution is 7.13. The summed E-state index contributed by atoms with van der Waals surface area (Å²) >= 11 is 7.17.